The first-order chi connectivity index (χ1) is 12.3. The first-order valence-electron chi connectivity index (χ1n) is 8.54. The fraction of sp³-hybridized carbons (Fsp3) is 0.250. The molecule has 5 nitrogen and oxygen atoms in total. The first-order valence-corrected chi connectivity index (χ1v) is 8.54. The van der Waals surface area contributed by atoms with E-state index >= 15 is 0 Å². The molecular formula is C20H16N4O. The van der Waals surface area contributed by atoms with Gasteiger partial charge in [0.1, 0.15) is 5.69 Å². The van der Waals surface area contributed by atoms with E-state index in [-0.39, 0.29) is 5.56 Å². The Balaban J connectivity index is 1.60. The van der Waals surface area contributed by atoms with E-state index in [1.165, 1.54) is 6.42 Å². The first kappa shape index (κ1) is 14.2. The van der Waals surface area contributed by atoms with Gasteiger partial charge in [0.25, 0.3) is 5.56 Å². The standard InChI is InChI=1S/C20H16N4O/c25-19-17-9-7-14(6-8-15-4-1-2-10-21-15)12-18(17)22-20-23-11-3-5-16(23)13-24(19)20/h1-2,4,7,9-10,12,16H,3,5,11,13H2/t16-/m1/s1. The number of anilines is 1. The second kappa shape index (κ2) is 5.45. The van der Waals surface area contributed by atoms with E-state index in [1.54, 1.807) is 6.20 Å². The molecular weight excluding hydrogens is 312 g/mol. The average Bonchev–Trinajstić information content (AvgIpc) is 3.23. The molecule has 0 aliphatic carbocycles. The summed E-state index contributed by atoms with van der Waals surface area (Å²) in [6.45, 7) is 1.75. The van der Waals surface area contributed by atoms with Crippen LogP contribution < -0.4 is 10.5 Å². The molecule has 0 amide bonds. The zero-order valence-corrected chi connectivity index (χ0v) is 13.6. The van der Waals surface area contributed by atoms with Gasteiger partial charge in [-0.05, 0) is 49.1 Å². The van der Waals surface area contributed by atoms with E-state index in [0.717, 1.165) is 42.2 Å². The predicted octanol–water partition coefficient (Wildman–Crippen LogP) is 2.17. The molecule has 2 aromatic heterocycles. The lowest BCUT2D eigenvalue weighted by atomic mass is 10.1. The van der Waals surface area contributed by atoms with Crippen molar-refractivity contribution in [2.45, 2.75) is 25.4 Å². The van der Waals surface area contributed by atoms with Gasteiger partial charge < -0.3 is 4.90 Å². The van der Waals surface area contributed by atoms with Crippen molar-refractivity contribution < 1.29 is 0 Å². The number of aromatic nitrogens is 3. The largest absolute Gasteiger partial charge is 0.337 e. The Morgan fingerprint density at radius 1 is 1.16 bits per heavy atom. The van der Waals surface area contributed by atoms with Gasteiger partial charge in [-0.2, -0.15) is 0 Å². The fourth-order valence-corrected chi connectivity index (χ4v) is 3.74. The number of hydrogen-bond acceptors (Lipinski definition) is 4. The van der Waals surface area contributed by atoms with Crippen molar-refractivity contribution in [3.05, 3.63) is 64.2 Å². The molecule has 2 aliphatic heterocycles. The molecule has 1 saturated heterocycles. The van der Waals surface area contributed by atoms with Crippen LogP contribution >= 0.6 is 0 Å². The average molecular weight is 328 g/mol. The maximum Gasteiger partial charge on any atom is 0.262 e. The Morgan fingerprint density at radius 3 is 3.00 bits per heavy atom. The Labute approximate surface area is 145 Å². The van der Waals surface area contributed by atoms with Crippen LogP contribution in [0, 0.1) is 11.8 Å². The molecule has 5 heteroatoms. The zero-order valence-electron chi connectivity index (χ0n) is 13.6. The molecule has 1 fully saturated rings. The van der Waals surface area contributed by atoms with Crippen molar-refractivity contribution in [3.8, 4) is 11.8 Å². The third kappa shape index (κ3) is 2.30. The lowest BCUT2D eigenvalue weighted by Gasteiger charge is -2.15. The molecule has 4 heterocycles. The number of pyridine rings is 1. The van der Waals surface area contributed by atoms with E-state index in [1.807, 2.05) is 41.0 Å². The van der Waals surface area contributed by atoms with Crippen LogP contribution in [-0.2, 0) is 6.54 Å². The lowest BCUT2D eigenvalue weighted by Crippen LogP contribution is -2.24. The highest BCUT2D eigenvalue weighted by Gasteiger charge is 2.35. The second-order valence-electron chi connectivity index (χ2n) is 6.51. The Bertz CT molecular complexity index is 1090. The van der Waals surface area contributed by atoms with Crippen LogP contribution in [0.2, 0.25) is 0 Å². The van der Waals surface area contributed by atoms with Crippen LogP contribution in [0.5, 0.6) is 0 Å². The van der Waals surface area contributed by atoms with E-state index in [4.69, 9.17) is 4.98 Å². The van der Waals surface area contributed by atoms with Gasteiger partial charge in [-0.3, -0.25) is 9.36 Å². The van der Waals surface area contributed by atoms with Crippen LogP contribution in [0.1, 0.15) is 24.1 Å². The highest BCUT2D eigenvalue weighted by Crippen LogP contribution is 2.31. The molecule has 5 rings (SSSR count). The summed E-state index contributed by atoms with van der Waals surface area (Å²) in [6, 6.07) is 11.7. The molecule has 2 aliphatic rings. The third-order valence-corrected chi connectivity index (χ3v) is 4.96. The molecule has 25 heavy (non-hydrogen) atoms. The van der Waals surface area contributed by atoms with Crippen LogP contribution in [-0.4, -0.2) is 27.1 Å². The molecule has 0 spiro atoms. The number of nitrogens with zero attached hydrogens (tertiary/aromatic N) is 4. The van der Waals surface area contributed by atoms with E-state index in [2.05, 4.69) is 21.7 Å². The van der Waals surface area contributed by atoms with Gasteiger partial charge in [-0.25, -0.2) is 9.97 Å². The van der Waals surface area contributed by atoms with E-state index in [9.17, 15) is 4.79 Å². The van der Waals surface area contributed by atoms with Crippen LogP contribution in [0.4, 0.5) is 5.95 Å². The minimum Gasteiger partial charge on any atom is -0.337 e. The normalized spacial score (nSPS) is 17.9. The van der Waals surface area contributed by atoms with Crippen molar-refractivity contribution in [1.29, 1.82) is 0 Å². The quantitative estimate of drug-likeness (QED) is 0.594. The predicted molar refractivity (Wildman–Crippen MR) is 96.6 cm³/mol. The van der Waals surface area contributed by atoms with Crippen LogP contribution in [0.3, 0.4) is 0 Å². The van der Waals surface area contributed by atoms with Crippen LogP contribution in [0.25, 0.3) is 10.9 Å². The summed E-state index contributed by atoms with van der Waals surface area (Å²) in [5.41, 5.74) is 2.34. The summed E-state index contributed by atoms with van der Waals surface area (Å²) in [4.78, 5) is 24.0. The fourth-order valence-electron chi connectivity index (χ4n) is 3.74. The number of rotatable bonds is 0. The van der Waals surface area contributed by atoms with Crippen molar-refractivity contribution in [1.82, 2.24) is 14.5 Å². The molecule has 0 saturated carbocycles. The van der Waals surface area contributed by atoms with Crippen molar-refractivity contribution in [2.24, 2.45) is 0 Å². The Hall–Kier alpha value is -3.13. The van der Waals surface area contributed by atoms with Gasteiger partial charge in [-0.15, -0.1) is 0 Å². The molecule has 122 valence electrons. The molecule has 1 aromatic carbocycles. The SMILES string of the molecule is O=c1c2ccc(C#Cc3ccccn3)cc2nc2n1C[C@H]1CCCN21. The van der Waals surface area contributed by atoms with Gasteiger partial charge in [-0.1, -0.05) is 12.0 Å². The van der Waals surface area contributed by atoms with Gasteiger partial charge in [0.2, 0.25) is 5.95 Å². The number of benzene rings is 1. The van der Waals surface area contributed by atoms with E-state index < -0.39 is 0 Å². The second-order valence-corrected chi connectivity index (χ2v) is 6.51. The molecule has 0 N–H and O–H groups in total. The maximum atomic E-state index is 12.8. The summed E-state index contributed by atoms with van der Waals surface area (Å²) >= 11 is 0. The summed E-state index contributed by atoms with van der Waals surface area (Å²) in [5, 5.41) is 0.660. The zero-order chi connectivity index (χ0) is 16.8. The van der Waals surface area contributed by atoms with Gasteiger partial charge in [0, 0.05) is 24.8 Å². The summed E-state index contributed by atoms with van der Waals surface area (Å²) in [5.74, 6) is 6.97. The smallest absolute Gasteiger partial charge is 0.262 e. The highest BCUT2D eigenvalue weighted by molar-refractivity contribution is 5.80. The summed E-state index contributed by atoms with van der Waals surface area (Å²) in [6.07, 6.45) is 4.04. The van der Waals surface area contributed by atoms with Crippen molar-refractivity contribution in [3.63, 3.8) is 0 Å². The lowest BCUT2D eigenvalue weighted by molar-refractivity contribution is 0.614. The summed E-state index contributed by atoms with van der Waals surface area (Å²) < 4.78 is 1.82. The molecule has 0 bridgehead atoms. The molecule has 3 aromatic rings. The van der Waals surface area contributed by atoms with E-state index in [0.29, 0.717) is 11.4 Å². The monoisotopic (exact) mass is 328 g/mol. The Morgan fingerprint density at radius 2 is 2.12 bits per heavy atom. The Kier molecular flexibility index (Phi) is 3.10. The minimum absolute atomic E-state index is 0.0543. The number of hydrogen-bond donors (Lipinski definition) is 0. The topological polar surface area (TPSA) is 51.0 Å². The molecule has 0 radical (unpaired) electrons. The van der Waals surface area contributed by atoms with Crippen molar-refractivity contribution >= 4 is 16.9 Å². The highest BCUT2D eigenvalue weighted by atomic mass is 16.1. The van der Waals surface area contributed by atoms with Crippen LogP contribution in [0.15, 0.2) is 47.4 Å². The van der Waals surface area contributed by atoms with Gasteiger partial charge in [0.15, 0.2) is 0 Å². The number of fused-ring (bicyclic) bond motifs is 4. The third-order valence-electron chi connectivity index (χ3n) is 4.96. The maximum absolute atomic E-state index is 12.8. The van der Waals surface area contributed by atoms with Gasteiger partial charge in [0.05, 0.1) is 16.9 Å². The molecule has 0 unspecified atom stereocenters. The summed E-state index contributed by atoms with van der Waals surface area (Å²) in [7, 11) is 0. The van der Waals surface area contributed by atoms with Crippen molar-refractivity contribution in [2.75, 3.05) is 11.4 Å². The van der Waals surface area contributed by atoms with Gasteiger partial charge >= 0.3 is 0 Å². The molecule has 1 atom stereocenters. The minimum atomic E-state index is 0.0543.